The summed E-state index contributed by atoms with van der Waals surface area (Å²) >= 11 is 0. The number of alkyl halides is 2. The number of aromatic nitrogens is 5. The van der Waals surface area contributed by atoms with Crippen LogP contribution in [0.4, 0.5) is 8.78 Å². The van der Waals surface area contributed by atoms with E-state index in [1.165, 1.54) is 0 Å². The molecule has 4 aromatic rings. The number of hydrogen-bond donors (Lipinski definition) is 1. The van der Waals surface area contributed by atoms with Gasteiger partial charge in [0.05, 0.1) is 22.9 Å². The first-order valence-electron chi connectivity index (χ1n) is 9.99. The summed E-state index contributed by atoms with van der Waals surface area (Å²) < 4.78 is 34.8. The zero-order valence-electron chi connectivity index (χ0n) is 17.3. The van der Waals surface area contributed by atoms with E-state index in [0.29, 0.717) is 0 Å². The van der Waals surface area contributed by atoms with Crippen molar-refractivity contribution in [3.8, 4) is 22.3 Å². The molecule has 0 atom stereocenters. The molecule has 30 heavy (non-hydrogen) atoms. The number of nitrogens with zero attached hydrogens (tertiary/aromatic N) is 4. The smallest absolute Gasteiger partial charge is 0.248 e. The molecule has 0 spiro atoms. The zero-order chi connectivity index (χ0) is 21.3. The Morgan fingerprint density at radius 1 is 1.23 bits per heavy atom. The number of hydrogen-bond acceptors (Lipinski definition) is 4. The molecule has 4 heterocycles. The van der Waals surface area contributed by atoms with Crippen LogP contribution in [0.2, 0.25) is 0 Å². The number of H-pyrrole nitrogens is 1. The second-order valence-electron chi connectivity index (χ2n) is 8.81. The minimum absolute atomic E-state index is 0.0995. The van der Waals surface area contributed by atoms with Gasteiger partial charge in [0, 0.05) is 53.7 Å². The molecule has 1 saturated carbocycles. The van der Waals surface area contributed by atoms with Crippen LogP contribution < -0.4 is 0 Å². The Morgan fingerprint density at radius 2 is 2.00 bits per heavy atom. The van der Waals surface area contributed by atoms with Crippen LogP contribution in [0.1, 0.15) is 24.3 Å². The topological polar surface area (TPSA) is 72.5 Å². The molecule has 152 valence electrons. The lowest BCUT2D eigenvalue weighted by Crippen LogP contribution is -2.52. The number of aryl methyl sites for hydroxylation is 2. The molecule has 10 heteroatoms. The van der Waals surface area contributed by atoms with Crippen LogP contribution in [0, 0.1) is 19.8 Å². The highest BCUT2D eigenvalue weighted by molar-refractivity contribution is 6.38. The molecule has 0 unspecified atom stereocenters. The highest BCUT2D eigenvalue weighted by Gasteiger charge is 2.52. The molecule has 4 aromatic heterocycles. The van der Waals surface area contributed by atoms with Crippen molar-refractivity contribution in [2.24, 2.45) is 5.92 Å². The Kier molecular flexibility index (Phi) is 4.01. The van der Waals surface area contributed by atoms with Gasteiger partial charge in [0.1, 0.15) is 21.5 Å². The number of fused-ring (bicyclic) bond motifs is 1. The fourth-order valence-corrected chi connectivity index (χ4v) is 4.58. The molecule has 1 N–H and O–H groups in total. The Bertz CT molecular complexity index is 1220. The maximum absolute atomic E-state index is 13.7. The maximum atomic E-state index is 13.7. The van der Waals surface area contributed by atoms with E-state index in [0.717, 1.165) is 44.7 Å². The Balaban J connectivity index is 1.71. The summed E-state index contributed by atoms with van der Waals surface area (Å²) in [5, 5.41) is 10.4. The van der Waals surface area contributed by atoms with Gasteiger partial charge >= 0.3 is 0 Å². The van der Waals surface area contributed by atoms with Crippen LogP contribution in [-0.4, -0.2) is 46.5 Å². The largest absolute Gasteiger partial charge is 0.361 e. The predicted octanol–water partition coefficient (Wildman–Crippen LogP) is 2.62. The van der Waals surface area contributed by atoms with E-state index in [9.17, 15) is 8.78 Å². The van der Waals surface area contributed by atoms with E-state index in [1.54, 1.807) is 6.20 Å². The van der Waals surface area contributed by atoms with Gasteiger partial charge in [0.2, 0.25) is 5.92 Å². The van der Waals surface area contributed by atoms with Gasteiger partial charge in [-0.2, -0.15) is 5.10 Å². The fraction of sp³-hybridized carbons (Fsp3) is 0.350. The molecule has 6 nitrogen and oxygen atoms in total. The highest BCUT2D eigenvalue weighted by atomic mass is 19.3. The molecule has 0 amide bonds. The minimum Gasteiger partial charge on any atom is -0.361 e. The van der Waals surface area contributed by atoms with Gasteiger partial charge < -0.3 is 9.09 Å². The van der Waals surface area contributed by atoms with Gasteiger partial charge in [-0.25, -0.2) is 8.78 Å². The standard InChI is InChI=1S/C20H21B2F2N5O/c1-10-17(11(2)30-28-10)12-3-16-18(25-6-12)15(13-7-26-27-8-13)9-29(16)20(21,22)14-4-19(23,24)5-14/h3,6-9,14H,4-5,21-22H2,1-2H3,(H,26,27). The van der Waals surface area contributed by atoms with Gasteiger partial charge in [0.15, 0.2) is 0 Å². The van der Waals surface area contributed by atoms with Gasteiger partial charge in [-0.1, -0.05) is 5.16 Å². The van der Waals surface area contributed by atoms with Crippen molar-refractivity contribution in [2.45, 2.75) is 37.9 Å². The number of halogens is 2. The van der Waals surface area contributed by atoms with Gasteiger partial charge in [-0.05, 0) is 31.2 Å². The molecule has 0 aromatic carbocycles. The van der Waals surface area contributed by atoms with E-state index in [4.69, 9.17) is 9.51 Å². The van der Waals surface area contributed by atoms with Crippen molar-refractivity contribution < 1.29 is 13.3 Å². The highest BCUT2D eigenvalue weighted by Crippen LogP contribution is 2.49. The first-order valence-corrected chi connectivity index (χ1v) is 9.99. The molecule has 0 aliphatic heterocycles. The van der Waals surface area contributed by atoms with Gasteiger partial charge in [-0.3, -0.25) is 10.1 Å². The van der Waals surface area contributed by atoms with Crippen molar-refractivity contribution in [1.29, 1.82) is 0 Å². The lowest BCUT2D eigenvalue weighted by atomic mass is 9.49. The first kappa shape index (κ1) is 19.1. The molecular weight excluding hydrogens is 386 g/mol. The summed E-state index contributed by atoms with van der Waals surface area (Å²) in [7, 11) is 4.04. The third kappa shape index (κ3) is 2.80. The average molecular weight is 407 g/mol. The Hall–Kier alpha value is -2.90. The first-order chi connectivity index (χ1) is 14.2. The fourth-order valence-electron chi connectivity index (χ4n) is 4.58. The maximum Gasteiger partial charge on any atom is 0.248 e. The van der Waals surface area contributed by atoms with Crippen molar-refractivity contribution in [3.63, 3.8) is 0 Å². The van der Waals surface area contributed by atoms with Crippen LogP contribution in [0.5, 0.6) is 0 Å². The molecule has 0 bridgehead atoms. The lowest BCUT2D eigenvalue weighted by Gasteiger charge is -2.46. The number of pyridine rings is 1. The average Bonchev–Trinajstić information content (AvgIpc) is 3.38. The molecule has 1 aliphatic carbocycles. The van der Waals surface area contributed by atoms with Crippen LogP contribution in [0.15, 0.2) is 35.4 Å². The molecular formula is C20H21B2F2N5O. The molecule has 1 aliphatic rings. The SMILES string of the molecule is BC(B)(C1CC(F)(F)C1)n1cc(-c2cn[nH]c2)c2ncc(-c3c(C)noc3C)cc21. The minimum atomic E-state index is -2.57. The molecule has 0 saturated heterocycles. The molecule has 1 fully saturated rings. The summed E-state index contributed by atoms with van der Waals surface area (Å²) in [6.07, 6.45) is 7.18. The summed E-state index contributed by atoms with van der Waals surface area (Å²) in [6.45, 7) is 3.77. The third-order valence-corrected chi connectivity index (χ3v) is 6.48. The summed E-state index contributed by atoms with van der Waals surface area (Å²) in [5.41, 5.74) is 6.13. The van der Waals surface area contributed by atoms with Crippen LogP contribution in [0.25, 0.3) is 33.3 Å². The quantitative estimate of drug-likeness (QED) is 0.529. The van der Waals surface area contributed by atoms with Crippen molar-refractivity contribution in [3.05, 3.63) is 42.3 Å². The number of nitrogens with one attached hydrogen (secondary N) is 1. The second-order valence-corrected chi connectivity index (χ2v) is 8.81. The van der Waals surface area contributed by atoms with E-state index < -0.39 is 11.3 Å². The summed E-state index contributed by atoms with van der Waals surface area (Å²) in [5.74, 6) is -1.97. The van der Waals surface area contributed by atoms with Gasteiger partial charge in [-0.15, -0.1) is 0 Å². The van der Waals surface area contributed by atoms with Crippen molar-refractivity contribution in [1.82, 2.24) is 24.9 Å². The lowest BCUT2D eigenvalue weighted by molar-refractivity contribution is -0.120. The molecule has 5 rings (SSSR count). The third-order valence-electron chi connectivity index (χ3n) is 6.48. The molecule has 0 radical (unpaired) electrons. The van der Waals surface area contributed by atoms with Crippen LogP contribution in [0.3, 0.4) is 0 Å². The summed E-state index contributed by atoms with van der Waals surface area (Å²) in [6, 6.07) is 2.05. The van der Waals surface area contributed by atoms with E-state index >= 15 is 0 Å². The Labute approximate surface area is 173 Å². The van der Waals surface area contributed by atoms with Crippen LogP contribution in [-0.2, 0) is 5.34 Å². The number of rotatable bonds is 4. The normalized spacial score (nSPS) is 16.8. The Morgan fingerprint density at radius 3 is 2.60 bits per heavy atom. The van der Waals surface area contributed by atoms with E-state index in [2.05, 4.69) is 26.0 Å². The predicted molar refractivity (Wildman–Crippen MR) is 115 cm³/mol. The second kappa shape index (κ2) is 6.30. The number of aromatic amines is 1. The van der Waals surface area contributed by atoms with Gasteiger partial charge in [0.25, 0.3) is 0 Å². The van der Waals surface area contributed by atoms with Crippen LogP contribution >= 0.6 is 0 Å². The van der Waals surface area contributed by atoms with Crippen molar-refractivity contribution in [2.75, 3.05) is 0 Å². The monoisotopic (exact) mass is 407 g/mol. The van der Waals surface area contributed by atoms with Crippen molar-refractivity contribution >= 4 is 26.7 Å². The summed E-state index contributed by atoms with van der Waals surface area (Å²) in [4.78, 5) is 4.76. The van der Waals surface area contributed by atoms with E-state index in [-0.39, 0.29) is 18.8 Å². The zero-order valence-corrected chi connectivity index (χ0v) is 17.3. The van der Waals surface area contributed by atoms with E-state index in [1.807, 2.05) is 48.1 Å².